The largest absolute Gasteiger partial charge is 0.466 e. The number of esters is 2. The van der Waals surface area contributed by atoms with Gasteiger partial charge in [0.1, 0.15) is 5.92 Å². The molecule has 0 aromatic heterocycles. The van der Waals surface area contributed by atoms with Crippen molar-refractivity contribution in [1.29, 1.82) is 0 Å². The van der Waals surface area contributed by atoms with Crippen molar-refractivity contribution in [3.63, 3.8) is 0 Å². The van der Waals surface area contributed by atoms with Crippen molar-refractivity contribution in [2.45, 2.75) is 26.7 Å². The summed E-state index contributed by atoms with van der Waals surface area (Å²) in [5.74, 6) is -4.19. The van der Waals surface area contributed by atoms with Crippen LogP contribution in [0.15, 0.2) is 35.9 Å². The molecule has 25 heavy (non-hydrogen) atoms. The second-order valence-electron chi connectivity index (χ2n) is 5.80. The van der Waals surface area contributed by atoms with Crippen molar-refractivity contribution < 1.29 is 23.9 Å². The smallest absolute Gasteiger partial charge is 0.317 e. The minimum Gasteiger partial charge on any atom is -0.466 e. The lowest BCUT2D eigenvalue weighted by Crippen LogP contribution is -2.42. The summed E-state index contributed by atoms with van der Waals surface area (Å²) < 4.78 is 10.3. The summed E-state index contributed by atoms with van der Waals surface area (Å²) in [4.78, 5) is 37.6. The summed E-state index contributed by atoms with van der Waals surface area (Å²) in [5.41, 5.74) is 1.11. The zero-order valence-electron chi connectivity index (χ0n) is 14.5. The molecule has 1 aliphatic rings. The third-order valence-electron chi connectivity index (χ3n) is 4.23. The van der Waals surface area contributed by atoms with E-state index in [1.807, 2.05) is 0 Å². The lowest BCUT2D eigenvalue weighted by Gasteiger charge is -2.34. The summed E-state index contributed by atoms with van der Waals surface area (Å²) in [6, 6.07) is 6.89. The van der Waals surface area contributed by atoms with Gasteiger partial charge in [-0.05, 0) is 38.5 Å². The minimum atomic E-state index is -1.13. The van der Waals surface area contributed by atoms with Crippen LogP contribution in [0, 0.1) is 11.8 Å². The van der Waals surface area contributed by atoms with Gasteiger partial charge in [-0.25, -0.2) is 0 Å². The molecule has 0 amide bonds. The fourth-order valence-corrected chi connectivity index (χ4v) is 3.48. The average molecular weight is 365 g/mol. The van der Waals surface area contributed by atoms with Gasteiger partial charge >= 0.3 is 11.9 Å². The van der Waals surface area contributed by atoms with Crippen LogP contribution in [-0.2, 0) is 23.9 Å². The van der Waals surface area contributed by atoms with Gasteiger partial charge in [0.25, 0.3) is 0 Å². The van der Waals surface area contributed by atoms with Gasteiger partial charge in [-0.3, -0.25) is 14.4 Å². The number of allylic oxidation sites excluding steroid dienone is 1. The first kappa shape index (κ1) is 19.2. The molecular formula is C19H21ClO5. The van der Waals surface area contributed by atoms with Crippen LogP contribution in [0.25, 0.3) is 0 Å². The molecule has 1 aromatic carbocycles. The van der Waals surface area contributed by atoms with E-state index in [9.17, 15) is 14.4 Å². The Kier molecular flexibility index (Phi) is 6.37. The van der Waals surface area contributed by atoms with Crippen molar-refractivity contribution in [2.24, 2.45) is 11.8 Å². The zero-order chi connectivity index (χ0) is 18.6. The Bertz CT molecular complexity index is 710. The van der Waals surface area contributed by atoms with E-state index in [-0.39, 0.29) is 19.0 Å². The molecule has 0 aliphatic heterocycles. The third-order valence-corrected chi connectivity index (χ3v) is 4.57. The highest BCUT2D eigenvalue weighted by Gasteiger charge is 2.48. The van der Waals surface area contributed by atoms with Crippen LogP contribution in [0.2, 0.25) is 5.02 Å². The minimum absolute atomic E-state index is 0.143. The second-order valence-corrected chi connectivity index (χ2v) is 6.20. The number of ether oxygens (including phenoxy) is 2. The molecule has 0 saturated heterocycles. The van der Waals surface area contributed by atoms with E-state index in [4.69, 9.17) is 21.1 Å². The molecule has 5 nitrogen and oxygen atoms in total. The Morgan fingerprint density at radius 3 is 2.16 bits per heavy atom. The molecule has 0 radical (unpaired) electrons. The molecule has 2 rings (SSSR count). The Hall–Kier alpha value is -2.14. The Balaban J connectivity index is 2.61. The molecular weight excluding hydrogens is 344 g/mol. The first-order valence-electron chi connectivity index (χ1n) is 8.22. The standard InChI is InChI=1S/C19H21ClO5/c1-4-24-18(22)15-11(3)10-14(21)17(19(23)25-5-2)16(15)12-8-6-7-9-13(12)20/h6-10,15-17H,4-5H2,1-3H3. The molecule has 0 saturated carbocycles. The monoisotopic (exact) mass is 364 g/mol. The van der Waals surface area contributed by atoms with Gasteiger partial charge in [0.2, 0.25) is 0 Å². The Morgan fingerprint density at radius 2 is 1.60 bits per heavy atom. The lowest BCUT2D eigenvalue weighted by molar-refractivity contribution is -0.155. The molecule has 6 heteroatoms. The lowest BCUT2D eigenvalue weighted by atomic mass is 9.68. The summed E-state index contributed by atoms with van der Waals surface area (Å²) in [5, 5.41) is 0.388. The maximum Gasteiger partial charge on any atom is 0.317 e. The predicted octanol–water partition coefficient (Wildman–Crippen LogP) is 3.31. The van der Waals surface area contributed by atoms with Gasteiger partial charge in [0.05, 0.1) is 19.1 Å². The topological polar surface area (TPSA) is 69.7 Å². The summed E-state index contributed by atoms with van der Waals surface area (Å²) in [6.07, 6.45) is 1.33. The number of halogens is 1. The van der Waals surface area contributed by atoms with Gasteiger partial charge in [-0.15, -0.1) is 0 Å². The fourth-order valence-electron chi connectivity index (χ4n) is 3.22. The van der Waals surface area contributed by atoms with Gasteiger partial charge in [-0.1, -0.05) is 35.4 Å². The normalized spacial score (nSPS) is 23.0. The number of carbonyl (C=O) groups excluding carboxylic acids is 3. The van der Waals surface area contributed by atoms with E-state index in [1.165, 1.54) is 6.08 Å². The Labute approximate surface area is 151 Å². The first-order chi connectivity index (χ1) is 11.9. The highest BCUT2D eigenvalue weighted by Crippen LogP contribution is 2.44. The quantitative estimate of drug-likeness (QED) is 0.592. The van der Waals surface area contributed by atoms with Crippen LogP contribution in [0.3, 0.4) is 0 Å². The number of rotatable bonds is 5. The van der Waals surface area contributed by atoms with Crippen molar-refractivity contribution >= 4 is 29.3 Å². The molecule has 0 spiro atoms. The Morgan fingerprint density at radius 1 is 1.04 bits per heavy atom. The summed E-state index contributed by atoms with van der Waals surface area (Å²) >= 11 is 6.31. The molecule has 3 atom stereocenters. The van der Waals surface area contributed by atoms with Crippen molar-refractivity contribution in [1.82, 2.24) is 0 Å². The second kappa shape index (κ2) is 8.30. The maximum atomic E-state index is 12.6. The summed E-state index contributed by atoms with van der Waals surface area (Å²) in [7, 11) is 0. The number of carbonyl (C=O) groups is 3. The van der Waals surface area contributed by atoms with Crippen LogP contribution in [-0.4, -0.2) is 30.9 Å². The van der Waals surface area contributed by atoms with Gasteiger partial charge in [0.15, 0.2) is 5.78 Å². The van der Waals surface area contributed by atoms with Gasteiger partial charge < -0.3 is 9.47 Å². The van der Waals surface area contributed by atoms with E-state index in [2.05, 4.69) is 0 Å². The van der Waals surface area contributed by atoms with Gasteiger partial charge in [-0.2, -0.15) is 0 Å². The highest BCUT2D eigenvalue weighted by atomic mass is 35.5. The van der Waals surface area contributed by atoms with E-state index in [0.717, 1.165) is 0 Å². The molecule has 0 heterocycles. The molecule has 3 unspecified atom stereocenters. The molecule has 1 aliphatic carbocycles. The van der Waals surface area contributed by atoms with Gasteiger partial charge in [0, 0.05) is 10.9 Å². The number of ketones is 1. The fraction of sp³-hybridized carbons (Fsp3) is 0.421. The molecule has 0 bridgehead atoms. The molecule has 0 fully saturated rings. The zero-order valence-corrected chi connectivity index (χ0v) is 15.2. The highest BCUT2D eigenvalue weighted by molar-refractivity contribution is 6.31. The van der Waals surface area contributed by atoms with Crippen LogP contribution in [0.4, 0.5) is 0 Å². The van der Waals surface area contributed by atoms with E-state index in [0.29, 0.717) is 16.2 Å². The molecule has 0 N–H and O–H groups in total. The van der Waals surface area contributed by atoms with E-state index < -0.39 is 29.7 Å². The van der Waals surface area contributed by atoms with Crippen LogP contribution in [0.5, 0.6) is 0 Å². The average Bonchev–Trinajstić information content (AvgIpc) is 2.54. The SMILES string of the molecule is CCOC(=O)C1C(=O)C=C(C)C(C(=O)OCC)C1c1ccccc1Cl. The number of hydrogen-bond donors (Lipinski definition) is 0. The number of benzene rings is 1. The van der Waals surface area contributed by atoms with Crippen LogP contribution in [0.1, 0.15) is 32.3 Å². The summed E-state index contributed by atoms with van der Waals surface area (Å²) in [6.45, 7) is 5.41. The predicted molar refractivity (Wildman–Crippen MR) is 93.2 cm³/mol. The maximum absolute atomic E-state index is 12.6. The van der Waals surface area contributed by atoms with Crippen LogP contribution < -0.4 is 0 Å². The van der Waals surface area contributed by atoms with Crippen LogP contribution >= 0.6 is 11.6 Å². The van der Waals surface area contributed by atoms with Crippen molar-refractivity contribution in [2.75, 3.05) is 13.2 Å². The van der Waals surface area contributed by atoms with E-state index in [1.54, 1.807) is 45.0 Å². The molecule has 1 aromatic rings. The van der Waals surface area contributed by atoms with Crippen molar-refractivity contribution in [3.05, 3.63) is 46.5 Å². The number of hydrogen-bond acceptors (Lipinski definition) is 5. The molecule has 134 valence electrons. The third kappa shape index (κ3) is 3.93. The van der Waals surface area contributed by atoms with E-state index >= 15 is 0 Å². The van der Waals surface area contributed by atoms with Crippen molar-refractivity contribution in [3.8, 4) is 0 Å². The first-order valence-corrected chi connectivity index (χ1v) is 8.59.